The highest BCUT2D eigenvalue weighted by atomic mass is 35.5. The number of hydrogen-bond acceptors (Lipinski definition) is 6. The van der Waals surface area contributed by atoms with Crippen LogP contribution in [0.2, 0.25) is 5.02 Å². The average molecular weight is 427 g/mol. The van der Waals surface area contributed by atoms with Gasteiger partial charge < -0.3 is 15.0 Å². The van der Waals surface area contributed by atoms with Gasteiger partial charge in [-0.1, -0.05) is 17.7 Å². The van der Waals surface area contributed by atoms with Gasteiger partial charge in [0.15, 0.2) is 0 Å². The predicted octanol–water partition coefficient (Wildman–Crippen LogP) is 2.78. The third kappa shape index (κ3) is 4.60. The number of pyridine rings is 1. The number of hydrogen-bond donors (Lipinski definition) is 1. The summed E-state index contributed by atoms with van der Waals surface area (Å²) in [5, 5.41) is 7.81. The third-order valence-corrected chi connectivity index (χ3v) is 5.12. The van der Waals surface area contributed by atoms with Gasteiger partial charge >= 0.3 is 0 Å². The molecular weight excluding hydrogens is 404 g/mol. The first kappa shape index (κ1) is 20.3. The second-order valence-electron chi connectivity index (χ2n) is 7.21. The molecule has 1 aliphatic heterocycles. The second kappa shape index (κ2) is 8.81. The molecule has 1 aliphatic rings. The highest BCUT2D eigenvalue weighted by Crippen LogP contribution is 2.16. The zero-order valence-electron chi connectivity index (χ0n) is 16.9. The summed E-state index contributed by atoms with van der Waals surface area (Å²) in [7, 11) is 0. The predicted molar refractivity (Wildman–Crippen MR) is 114 cm³/mol. The fraction of sp³-hybridized carbons (Fsp3) is 0.333. The Bertz CT molecular complexity index is 1020. The number of rotatable bonds is 5. The molecule has 0 saturated carbocycles. The van der Waals surface area contributed by atoms with Crippen LogP contribution in [-0.4, -0.2) is 51.5 Å². The van der Waals surface area contributed by atoms with E-state index in [4.69, 9.17) is 16.3 Å². The minimum Gasteiger partial charge on any atom is -0.375 e. The summed E-state index contributed by atoms with van der Waals surface area (Å²) in [5.41, 5.74) is 1.70. The van der Waals surface area contributed by atoms with Gasteiger partial charge in [0.25, 0.3) is 5.91 Å². The number of anilines is 1. The van der Waals surface area contributed by atoms with Crippen molar-refractivity contribution in [2.45, 2.75) is 26.5 Å². The van der Waals surface area contributed by atoms with Gasteiger partial charge in [-0.3, -0.25) is 4.79 Å². The third-order valence-electron chi connectivity index (χ3n) is 4.87. The average Bonchev–Trinajstić information content (AvgIpc) is 3.15. The molecule has 0 aliphatic carbocycles. The van der Waals surface area contributed by atoms with Crippen molar-refractivity contribution in [3.05, 3.63) is 64.8 Å². The van der Waals surface area contributed by atoms with E-state index in [-0.39, 0.29) is 17.8 Å². The standard InChI is InChI=1S/C21H23ClN6O2/c1-14-13-27(9-10-30-14)19-8-3-16(11-23-19)12-24-21(29)20-25-15(2)28(26-20)18-6-4-17(22)5-7-18/h3-8,11,14H,9-10,12-13H2,1-2H3,(H,24,29). The summed E-state index contributed by atoms with van der Waals surface area (Å²) in [4.78, 5) is 23.5. The van der Waals surface area contributed by atoms with E-state index in [0.717, 1.165) is 30.2 Å². The molecule has 3 heterocycles. The Kier molecular flexibility index (Phi) is 5.96. The smallest absolute Gasteiger partial charge is 0.291 e. The van der Waals surface area contributed by atoms with E-state index in [2.05, 4.69) is 32.2 Å². The topological polar surface area (TPSA) is 85.2 Å². The molecule has 1 unspecified atom stereocenters. The Morgan fingerprint density at radius 2 is 2.07 bits per heavy atom. The lowest BCUT2D eigenvalue weighted by Crippen LogP contribution is -2.41. The lowest BCUT2D eigenvalue weighted by atomic mass is 10.2. The molecule has 0 spiro atoms. The first-order chi connectivity index (χ1) is 14.5. The van der Waals surface area contributed by atoms with Crippen molar-refractivity contribution in [3.63, 3.8) is 0 Å². The van der Waals surface area contributed by atoms with Crippen LogP contribution in [0, 0.1) is 6.92 Å². The molecule has 156 valence electrons. The maximum Gasteiger partial charge on any atom is 0.291 e. The first-order valence-electron chi connectivity index (χ1n) is 9.79. The molecule has 2 aromatic heterocycles. The number of aryl methyl sites for hydroxylation is 1. The summed E-state index contributed by atoms with van der Waals surface area (Å²) < 4.78 is 7.18. The van der Waals surface area contributed by atoms with E-state index in [0.29, 0.717) is 24.0 Å². The highest BCUT2D eigenvalue weighted by molar-refractivity contribution is 6.30. The Hall–Kier alpha value is -2.97. The van der Waals surface area contributed by atoms with Crippen molar-refractivity contribution in [3.8, 4) is 5.69 Å². The lowest BCUT2D eigenvalue weighted by Gasteiger charge is -2.32. The molecule has 1 aromatic carbocycles. The number of aromatic nitrogens is 4. The molecule has 1 amide bonds. The molecular formula is C21H23ClN6O2. The molecule has 1 fully saturated rings. The normalized spacial score (nSPS) is 16.5. The first-order valence-corrected chi connectivity index (χ1v) is 10.2. The zero-order valence-corrected chi connectivity index (χ0v) is 17.6. The van der Waals surface area contributed by atoms with Gasteiger partial charge in [0.05, 0.1) is 18.4 Å². The number of morpholine rings is 1. The molecule has 0 radical (unpaired) electrons. The Balaban J connectivity index is 1.38. The van der Waals surface area contributed by atoms with Gasteiger partial charge in [0.1, 0.15) is 11.6 Å². The van der Waals surface area contributed by atoms with Crippen LogP contribution in [-0.2, 0) is 11.3 Å². The quantitative estimate of drug-likeness (QED) is 0.675. The van der Waals surface area contributed by atoms with E-state index in [1.165, 1.54) is 0 Å². The van der Waals surface area contributed by atoms with E-state index in [1.807, 2.05) is 24.3 Å². The van der Waals surface area contributed by atoms with Crippen LogP contribution in [0.15, 0.2) is 42.6 Å². The summed E-state index contributed by atoms with van der Waals surface area (Å²) in [6.45, 7) is 6.56. The van der Waals surface area contributed by atoms with E-state index in [9.17, 15) is 4.79 Å². The number of nitrogens with one attached hydrogen (secondary N) is 1. The van der Waals surface area contributed by atoms with Crippen molar-refractivity contribution >= 4 is 23.3 Å². The monoisotopic (exact) mass is 426 g/mol. The molecule has 1 atom stereocenters. The number of carbonyl (C=O) groups excluding carboxylic acids is 1. The highest BCUT2D eigenvalue weighted by Gasteiger charge is 2.18. The zero-order chi connectivity index (χ0) is 21.1. The van der Waals surface area contributed by atoms with Crippen LogP contribution >= 0.6 is 11.6 Å². The largest absolute Gasteiger partial charge is 0.375 e. The van der Waals surface area contributed by atoms with Gasteiger partial charge in [-0.15, -0.1) is 5.10 Å². The minimum atomic E-state index is -0.336. The number of ether oxygens (including phenoxy) is 1. The SMILES string of the molecule is Cc1nc(C(=O)NCc2ccc(N3CCOC(C)C3)nc2)nn1-c1ccc(Cl)cc1. The molecule has 1 N–H and O–H groups in total. The molecule has 8 nitrogen and oxygen atoms in total. The van der Waals surface area contributed by atoms with Gasteiger partial charge in [0.2, 0.25) is 5.82 Å². The maximum absolute atomic E-state index is 12.5. The van der Waals surface area contributed by atoms with Crippen molar-refractivity contribution in [2.24, 2.45) is 0 Å². The summed E-state index contributed by atoms with van der Waals surface area (Å²) in [6, 6.07) is 11.1. The molecule has 3 aromatic rings. The molecule has 4 rings (SSSR count). The molecule has 9 heteroatoms. The second-order valence-corrected chi connectivity index (χ2v) is 7.64. The minimum absolute atomic E-state index is 0.120. The number of nitrogens with zero attached hydrogens (tertiary/aromatic N) is 5. The van der Waals surface area contributed by atoms with Gasteiger partial charge in [-0.2, -0.15) is 0 Å². The summed E-state index contributed by atoms with van der Waals surface area (Å²) in [6.07, 6.45) is 1.98. The van der Waals surface area contributed by atoms with Crippen LogP contribution in [0.4, 0.5) is 5.82 Å². The van der Waals surface area contributed by atoms with Crippen molar-refractivity contribution in [1.29, 1.82) is 0 Å². The number of carbonyl (C=O) groups is 1. The van der Waals surface area contributed by atoms with Crippen LogP contribution in [0.5, 0.6) is 0 Å². The Morgan fingerprint density at radius 1 is 1.27 bits per heavy atom. The number of amides is 1. The summed E-state index contributed by atoms with van der Waals surface area (Å²) >= 11 is 5.93. The van der Waals surface area contributed by atoms with Crippen LogP contribution in [0.1, 0.15) is 28.9 Å². The Labute approximate surface area is 179 Å². The number of benzene rings is 1. The number of halogens is 1. The van der Waals surface area contributed by atoms with Crippen molar-refractivity contribution in [2.75, 3.05) is 24.6 Å². The van der Waals surface area contributed by atoms with E-state index < -0.39 is 0 Å². The fourth-order valence-electron chi connectivity index (χ4n) is 3.31. The van der Waals surface area contributed by atoms with E-state index >= 15 is 0 Å². The van der Waals surface area contributed by atoms with Crippen molar-refractivity contribution in [1.82, 2.24) is 25.1 Å². The van der Waals surface area contributed by atoms with Gasteiger partial charge in [0, 0.05) is 30.9 Å². The van der Waals surface area contributed by atoms with E-state index in [1.54, 1.807) is 29.9 Å². The van der Waals surface area contributed by atoms with Crippen LogP contribution < -0.4 is 10.2 Å². The van der Waals surface area contributed by atoms with Crippen LogP contribution in [0.25, 0.3) is 5.69 Å². The van der Waals surface area contributed by atoms with Gasteiger partial charge in [-0.05, 0) is 49.7 Å². The molecule has 1 saturated heterocycles. The summed E-state index contributed by atoms with van der Waals surface area (Å²) in [5.74, 6) is 1.32. The van der Waals surface area contributed by atoms with Crippen LogP contribution in [0.3, 0.4) is 0 Å². The molecule has 30 heavy (non-hydrogen) atoms. The van der Waals surface area contributed by atoms with Crippen molar-refractivity contribution < 1.29 is 9.53 Å². The molecule has 0 bridgehead atoms. The maximum atomic E-state index is 12.5. The fourth-order valence-corrected chi connectivity index (χ4v) is 3.44. The van der Waals surface area contributed by atoms with Gasteiger partial charge in [-0.25, -0.2) is 14.6 Å². The lowest BCUT2D eigenvalue weighted by molar-refractivity contribution is 0.0529. The Morgan fingerprint density at radius 3 is 2.77 bits per heavy atom.